The summed E-state index contributed by atoms with van der Waals surface area (Å²) in [6.07, 6.45) is 3.16. The van der Waals surface area contributed by atoms with Gasteiger partial charge in [-0.25, -0.2) is 4.98 Å². The van der Waals surface area contributed by atoms with E-state index in [4.69, 9.17) is 0 Å². The molecular formula is C8H5Br2NO. The van der Waals surface area contributed by atoms with Crippen molar-refractivity contribution in [1.29, 1.82) is 0 Å². The molecule has 2 nitrogen and oxygen atoms in total. The van der Waals surface area contributed by atoms with Crippen LogP contribution >= 0.6 is 31.9 Å². The number of aromatic nitrogens is 1. The molecule has 0 N–H and O–H groups in total. The highest BCUT2D eigenvalue weighted by Gasteiger charge is 2.24. The Bertz CT molecular complexity index is 362. The summed E-state index contributed by atoms with van der Waals surface area (Å²) in [4.78, 5) is 15.4. The van der Waals surface area contributed by atoms with Gasteiger partial charge in [0.15, 0.2) is 5.78 Å². The Morgan fingerprint density at radius 2 is 2.08 bits per heavy atom. The SMILES string of the molecule is O=C1CCc2c(Br)cnc(Br)c21. The van der Waals surface area contributed by atoms with E-state index in [9.17, 15) is 4.79 Å². The zero-order chi connectivity index (χ0) is 8.72. The Morgan fingerprint density at radius 3 is 2.75 bits per heavy atom. The first-order valence-corrected chi connectivity index (χ1v) is 5.15. The molecule has 0 radical (unpaired) electrons. The Hall–Kier alpha value is -0.220. The van der Waals surface area contributed by atoms with Crippen molar-refractivity contribution in [2.24, 2.45) is 0 Å². The van der Waals surface area contributed by atoms with E-state index >= 15 is 0 Å². The highest BCUT2D eigenvalue weighted by Crippen LogP contribution is 2.32. The van der Waals surface area contributed by atoms with E-state index in [0.717, 1.165) is 22.0 Å². The van der Waals surface area contributed by atoms with Gasteiger partial charge in [-0.1, -0.05) is 0 Å². The monoisotopic (exact) mass is 289 g/mol. The summed E-state index contributed by atoms with van der Waals surface area (Å²) < 4.78 is 1.61. The van der Waals surface area contributed by atoms with Crippen LogP contribution in [0.25, 0.3) is 0 Å². The number of rotatable bonds is 0. The van der Waals surface area contributed by atoms with Gasteiger partial charge >= 0.3 is 0 Å². The van der Waals surface area contributed by atoms with Crippen molar-refractivity contribution in [2.75, 3.05) is 0 Å². The number of ketones is 1. The first kappa shape index (κ1) is 8.38. The third-order valence-electron chi connectivity index (χ3n) is 1.97. The maximum atomic E-state index is 11.3. The lowest BCUT2D eigenvalue weighted by Crippen LogP contribution is -1.95. The van der Waals surface area contributed by atoms with Gasteiger partial charge in [0.1, 0.15) is 4.60 Å². The maximum Gasteiger partial charge on any atom is 0.166 e. The van der Waals surface area contributed by atoms with Crippen molar-refractivity contribution in [3.05, 3.63) is 26.4 Å². The molecule has 1 aliphatic carbocycles. The minimum atomic E-state index is 0.186. The van der Waals surface area contributed by atoms with Crippen LogP contribution in [-0.2, 0) is 6.42 Å². The van der Waals surface area contributed by atoms with Gasteiger partial charge in [-0.2, -0.15) is 0 Å². The summed E-state index contributed by atoms with van der Waals surface area (Å²) in [6, 6.07) is 0. The maximum absolute atomic E-state index is 11.3. The second-order valence-electron chi connectivity index (χ2n) is 2.67. The number of pyridine rings is 1. The van der Waals surface area contributed by atoms with Crippen LogP contribution < -0.4 is 0 Å². The van der Waals surface area contributed by atoms with E-state index in [0.29, 0.717) is 11.0 Å². The normalized spacial score (nSPS) is 15.0. The number of carbonyl (C=O) groups excluding carboxylic acids is 1. The van der Waals surface area contributed by atoms with Crippen molar-refractivity contribution in [1.82, 2.24) is 4.98 Å². The predicted molar refractivity (Wildman–Crippen MR) is 52.3 cm³/mol. The standard InChI is InChI=1S/C8H5Br2NO/c9-5-3-11-8(10)7-4(5)1-2-6(7)12/h3H,1-2H2. The summed E-state index contributed by atoms with van der Waals surface area (Å²) in [5.74, 6) is 0.186. The van der Waals surface area contributed by atoms with Gasteiger partial charge in [-0.05, 0) is 43.8 Å². The summed E-state index contributed by atoms with van der Waals surface area (Å²) >= 11 is 6.64. The molecule has 0 saturated carbocycles. The first-order chi connectivity index (χ1) is 5.70. The molecule has 62 valence electrons. The fourth-order valence-corrected chi connectivity index (χ4v) is 2.45. The van der Waals surface area contributed by atoms with Gasteiger partial charge in [-0.3, -0.25) is 4.79 Å². The third-order valence-corrected chi connectivity index (χ3v) is 3.25. The average molecular weight is 291 g/mol. The van der Waals surface area contributed by atoms with Crippen LogP contribution in [0.1, 0.15) is 22.3 Å². The largest absolute Gasteiger partial charge is 0.294 e. The van der Waals surface area contributed by atoms with Crippen LogP contribution in [0.2, 0.25) is 0 Å². The number of hydrogen-bond acceptors (Lipinski definition) is 2. The first-order valence-electron chi connectivity index (χ1n) is 3.56. The molecule has 0 spiro atoms. The van der Waals surface area contributed by atoms with Gasteiger partial charge in [0.05, 0.1) is 5.56 Å². The van der Waals surface area contributed by atoms with Crippen LogP contribution in [0, 0.1) is 0 Å². The van der Waals surface area contributed by atoms with Gasteiger partial charge in [0, 0.05) is 17.1 Å². The van der Waals surface area contributed by atoms with E-state index in [-0.39, 0.29) is 5.78 Å². The van der Waals surface area contributed by atoms with Crippen LogP contribution in [0.5, 0.6) is 0 Å². The van der Waals surface area contributed by atoms with Gasteiger partial charge in [0.2, 0.25) is 0 Å². The molecule has 1 aromatic heterocycles. The highest BCUT2D eigenvalue weighted by atomic mass is 79.9. The zero-order valence-electron chi connectivity index (χ0n) is 6.10. The molecule has 0 unspecified atom stereocenters. The molecule has 0 amide bonds. The molecular weight excluding hydrogens is 286 g/mol. The second-order valence-corrected chi connectivity index (χ2v) is 4.28. The Morgan fingerprint density at radius 1 is 1.33 bits per heavy atom. The quantitative estimate of drug-likeness (QED) is 0.688. The lowest BCUT2D eigenvalue weighted by atomic mass is 10.2. The zero-order valence-corrected chi connectivity index (χ0v) is 9.27. The summed E-state index contributed by atoms with van der Waals surface area (Å²) in [7, 11) is 0. The fourth-order valence-electron chi connectivity index (χ4n) is 1.39. The minimum absolute atomic E-state index is 0.186. The highest BCUT2D eigenvalue weighted by molar-refractivity contribution is 9.11. The summed E-state index contributed by atoms with van der Waals surface area (Å²) in [5.41, 5.74) is 1.84. The topological polar surface area (TPSA) is 30.0 Å². The molecule has 0 aromatic carbocycles. The Kier molecular flexibility index (Phi) is 2.04. The second kappa shape index (κ2) is 2.92. The number of halogens is 2. The summed E-state index contributed by atoms with van der Waals surface area (Å²) in [6.45, 7) is 0. The van der Waals surface area contributed by atoms with Crippen molar-refractivity contribution >= 4 is 37.6 Å². The van der Waals surface area contributed by atoms with Gasteiger partial charge in [0.25, 0.3) is 0 Å². The summed E-state index contributed by atoms with van der Waals surface area (Å²) in [5, 5.41) is 0. The van der Waals surface area contributed by atoms with Crippen molar-refractivity contribution in [3.8, 4) is 0 Å². The number of hydrogen-bond donors (Lipinski definition) is 0. The van der Waals surface area contributed by atoms with E-state index in [1.54, 1.807) is 6.20 Å². The fraction of sp³-hybridized carbons (Fsp3) is 0.250. The molecule has 1 heterocycles. The molecule has 4 heteroatoms. The van der Waals surface area contributed by atoms with E-state index in [1.807, 2.05) is 0 Å². The predicted octanol–water partition coefficient (Wildman–Crippen LogP) is 2.74. The molecule has 2 rings (SSSR count). The van der Waals surface area contributed by atoms with Crippen molar-refractivity contribution in [3.63, 3.8) is 0 Å². The Balaban J connectivity index is 2.72. The molecule has 0 aliphatic heterocycles. The molecule has 12 heavy (non-hydrogen) atoms. The van der Waals surface area contributed by atoms with Crippen LogP contribution in [0.4, 0.5) is 0 Å². The van der Waals surface area contributed by atoms with Crippen LogP contribution in [0.15, 0.2) is 15.3 Å². The number of nitrogens with zero attached hydrogens (tertiary/aromatic N) is 1. The van der Waals surface area contributed by atoms with Crippen molar-refractivity contribution < 1.29 is 4.79 Å². The third kappa shape index (κ3) is 1.13. The van der Waals surface area contributed by atoms with E-state index in [1.165, 1.54) is 0 Å². The van der Waals surface area contributed by atoms with E-state index in [2.05, 4.69) is 36.8 Å². The lowest BCUT2D eigenvalue weighted by molar-refractivity contribution is 0.0993. The molecule has 0 bridgehead atoms. The average Bonchev–Trinajstić information content (AvgIpc) is 2.42. The smallest absolute Gasteiger partial charge is 0.166 e. The van der Waals surface area contributed by atoms with Crippen LogP contribution in [0.3, 0.4) is 0 Å². The van der Waals surface area contributed by atoms with E-state index < -0.39 is 0 Å². The van der Waals surface area contributed by atoms with Crippen molar-refractivity contribution in [2.45, 2.75) is 12.8 Å². The Labute approximate surface area is 86.6 Å². The van der Waals surface area contributed by atoms with Gasteiger partial charge in [-0.15, -0.1) is 0 Å². The molecule has 1 aliphatic rings. The number of carbonyl (C=O) groups is 1. The van der Waals surface area contributed by atoms with Crippen LogP contribution in [-0.4, -0.2) is 10.8 Å². The molecule has 0 atom stereocenters. The number of fused-ring (bicyclic) bond motifs is 1. The van der Waals surface area contributed by atoms with Gasteiger partial charge < -0.3 is 0 Å². The molecule has 0 fully saturated rings. The molecule has 1 aromatic rings. The lowest BCUT2D eigenvalue weighted by Gasteiger charge is -2.01. The number of Topliss-reactive ketones (excluding diaryl/α,β-unsaturated/α-hetero) is 1. The minimum Gasteiger partial charge on any atom is -0.294 e. The molecule has 0 saturated heterocycles.